The molecule has 1 unspecified atom stereocenters. The Morgan fingerprint density at radius 3 is 2.32 bits per heavy atom. The molecule has 0 bridgehead atoms. The Labute approximate surface area is 120 Å². The van der Waals surface area contributed by atoms with Gasteiger partial charge < -0.3 is 15.7 Å². The van der Waals surface area contributed by atoms with Crippen LogP contribution >= 0.6 is 12.2 Å². The first-order chi connectivity index (χ1) is 8.86. The molecule has 108 valence electrons. The van der Waals surface area contributed by atoms with Crippen LogP contribution in [0.4, 0.5) is 0 Å². The zero-order valence-corrected chi connectivity index (χ0v) is 12.6. The van der Waals surface area contributed by atoms with Crippen molar-refractivity contribution in [2.75, 3.05) is 13.1 Å². The smallest absolute Gasteiger partial charge is 0.235 e. The second kappa shape index (κ2) is 5.37. The van der Waals surface area contributed by atoms with E-state index in [1.807, 2.05) is 11.8 Å². The molecule has 0 spiro atoms. The Kier molecular flexibility index (Phi) is 4.16. The molecule has 2 aliphatic rings. The van der Waals surface area contributed by atoms with E-state index in [2.05, 4.69) is 6.92 Å². The third-order valence-corrected chi connectivity index (χ3v) is 5.17. The highest BCUT2D eigenvalue weighted by atomic mass is 32.1. The SMILES string of the molecule is CC1CC(C(=O)N2CCC(C(C)O)CC2)(C(N)=S)C1. The van der Waals surface area contributed by atoms with Crippen molar-refractivity contribution in [3.63, 3.8) is 0 Å². The average Bonchev–Trinajstić information content (AvgIpc) is 2.33. The summed E-state index contributed by atoms with van der Waals surface area (Å²) in [7, 11) is 0. The zero-order valence-electron chi connectivity index (χ0n) is 11.8. The summed E-state index contributed by atoms with van der Waals surface area (Å²) in [5.41, 5.74) is 5.25. The molecule has 19 heavy (non-hydrogen) atoms. The molecule has 0 aromatic carbocycles. The zero-order chi connectivity index (χ0) is 14.2. The molecule has 0 radical (unpaired) electrons. The van der Waals surface area contributed by atoms with E-state index in [9.17, 15) is 9.90 Å². The van der Waals surface area contributed by atoms with Crippen LogP contribution in [0.25, 0.3) is 0 Å². The van der Waals surface area contributed by atoms with Gasteiger partial charge in [0.15, 0.2) is 0 Å². The lowest BCUT2D eigenvalue weighted by Gasteiger charge is -2.48. The summed E-state index contributed by atoms with van der Waals surface area (Å²) in [6.45, 7) is 5.38. The molecule has 1 aliphatic carbocycles. The number of piperidine rings is 1. The van der Waals surface area contributed by atoms with E-state index >= 15 is 0 Å². The molecule has 3 N–H and O–H groups in total. The number of nitrogens with zero attached hydrogens (tertiary/aromatic N) is 1. The van der Waals surface area contributed by atoms with Gasteiger partial charge in [-0.2, -0.15) is 0 Å². The van der Waals surface area contributed by atoms with E-state index in [1.54, 1.807) is 0 Å². The lowest BCUT2D eigenvalue weighted by Crippen LogP contribution is -2.58. The molecule has 1 aliphatic heterocycles. The second-order valence-electron chi connectivity index (χ2n) is 6.33. The van der Waals surface area contributed by atoms with Crippen LogP contribution in [0.2, 0.25) is 0 Å². The van der Waals surface area contributed by atoms with Crippen molar-refractivity contribution in [3.05, 3.63) is 0 Å². The van der Waals surface area contributed by atoms with Gasteiger partial charge in [0.05, 0.1) is 16.5 Å². The molecule has 5 heteroatoms. The topological polar surface area (TPSA) is 66.6 Å². The highest BCUT2D eigenvalue weighted by Crippen LogP contribution is 2.47. The number of rotatable bonds is 3. The minimum absolute atomic E-state index is 0.113. The maximum absolute atomic E-state index is 12.7. The summed E-state index contributed by atoms with van der Waals surface area (Å²) in [5, 5.41) is 9.60. The van der Waals surface area contributed by atoms with Crippen molar-refractivity contribution < 1.29 is 9.90 Å². The maximum Gasteiger partial charge on any atom is 0.235 e. The summed E-state index contributed by atoms with van der Waals surface area (Å²) in [4.78, 5) is 14.9. The summed E-state index contributed by atoms with van der Waals surface area (Å²) in [5.74, 6) is 0.952. The molecule has 1 saturated heterocycles. The van der Waals surface area contributed by atoms with Crippen molar-refractivity contribution >= 4 is 23.1 Å². The first kappa shape index (κ1) is 14.7. The van der Waals surface area contributed by atoms with Gasteiger partial charge in [-0.05, 0) is 44.4 Å². The van der Waals surface area contributed by atoms with Crippen LogP contribution in [-0.2, 0) is 4.79 Å². The first-order valence-corrected chi connectivity index (χ1v) is 7.55. The third-order valence-electron chi connectivity index (χ3n) is 4.78. The van der Waals surface area contributed by atoms with Gasteiger partial charge >= 0.3 is 0 Å². The van der Waals surface area contributed by atoms with Crippen LogP contribution in [0.5, 0.6) is 0 Å². The highest BCUT2D eigenvalue weighted by molar-refractivity contribution is 7.80. The van der Waals surface area contributed by atoms with E-state index < -0.39 is 5.41 Å². The maximum atomic E-state index is 12.7. The normalized spacial score (nSPS) is 33.6. The van der Waals surface area contributed by atoms with Gasteiger partial charge in [-0.25, -0.2) is 0 Å². The third kappa shape index (κ3) is 2.63. The van der Waals surface area contributed by atoms with Gasteiger partial charge in [-0.15, -0.1) is 0 Å². The number of nitrogens with two attached hydrogens (primary N) is 1. The van der Waals surface area contributed by atoms with Crippen LogP contribution in [0, 0.1) is 17.3 Å². The van der Waals surface area contributed by atoms with Gasteiger partial charge in [0.2, 0.25) is 5.91 Å². The molecular formula is C14H24N2O2S. The molecule has 2 fully saturated rings. The predicted octanol–water partition coefficient (Wildman–Crippen LogP) is 1.31. The quantitative estimate of drug-likeness (QED) is 0.767. The van der Waals surface area contributed by atoms with Crippen molar-refractivity contribution in [1.82, 2.24) is 4.90 Å². The minimum Gasteiger partial charge on any atom is -0.393 e. The predicted molar refractivity (Wildman–Crippen MR) is 78.6 cm³/mol. The fraction of sp³-hybridized carbons (Fsp3) is 0.857. The Bertz CT molecular complexity index is 370. The number of aliphatic hydroxyl groups is 1. The van der Waals surface area contributed by atoms with E-state index in [4.69, 9.17) is 18.0 Å². The highest BCUT2D eigenvalue weighted by Gasteiger charge is 2.52. The Morgan fingerprint density at radius 1 is 1.42 bits per heavy atom. The number of carbonyl (C=O) groups excluding carboxylic acids is 1. The van der Waals surface area contributed by atoms with Crippen molar-refractivity contribution in [2.24, 2.45) is 23.0 Å². The first-order valence-electron chi connectivity index (χ1n) is 7.14. The van der Waals surface area contributed by atoms with Crippen molar-refractivity contribution in [2.45, 2.75) is 45.6 Å². The Hall–Kier alpha value is -0.680. The standard InChI is InChI=1S/C14H24N2O2S/c1-9-7-14(8-9,12(15)19)13(18)16-5-3-11(4-6-16)10(2)17/h9-11,17H,3-8H2,1-2H3,(H2,15,19). The number of thiocarbonyl (C=S) groups is 1. The number of likely N-dealkylation sites (tertiary alicyclic amines) is 1. The summed E-state index contributed by atoms with van der Waals surface area (Å²) in [6, 6.07) is 0. The largest absolute Gasteiger partial charge is 0.393 e. The molecule has 1 heterocycles. The van der Waals surface area contributed by atoms with Gasteiger partial charge in [0.25, 0.3) is 0 Å². The molecule has 1 atom stereocenters. The van der Waals surface area contributed by atoms with E-state index in [1.165, 1.54) is 0 Å². The molecule has 0 aromatic rings. The lowest BCUT2D eigenvalue weighted by molar-refractivity contribution is -0.146. The van der Waals surface area contributed by atoms with Crippen LogP contribution in [-0.4, -0.2) is 40.1 Å². The van der Waals surface area contributed by atoms with Crippen LogP contribution in [0.1, 0.15) is 39.5 Å². The van der Waals surface area contributed by atoms with Crippen LogP contribution in [0.3, 0.4) is 0 Å². The number of hydrogen-bond donors (Lipinski definition) is 2. The molecule has 4 nitrogen and oxygen atoms in total. The van der Waals surface area contributed by atoms with Gasteiger partial charge in [-0.3, -0.25) is 4.79 Å². The fourth-order valence-corrected chi connectivity index (χ4v) is 3.75. The number of hydrogen-bond acceptors (Lipinski definition) is 3. The van der Waals surface area contributed by atoms with Crippen LogP contribution < -0.4 is 5.73 Å². The lowest BCUT2D eigenvalue weighted by atomic mass is 9.61. The summed E-state index contributed by atoms with van der Waals surface area (Å²) in [6.07, 6.45) is 3.03. The van der Waals surface area contributed by atoms with Gasteiger partial charge in [0, 0.05) is 13.1 Å². The number of aliphatic hydroxyl groups excluding tert-OH is 1. The molecule has 1 amide bonds. The fourth-order valence-electron chi connectivity index (χ4n) is 3.50. The average molecular weight is 284 g/mol. The Morgan fingerprint density at radius 2 is 1.95 bits per heavy atom. The van der Waals surface area contributed by atoms with Gasteiger partial charge in [-0.1, -0.05) is 19.1 Å². The number of amides is 1. The number of carbonyl (C=O) groups is 1. The van der Waals surface area contributed by atoms with E-state index in [-0.39, 0.29) is 12.0 Å². The van der Waals surface area contributed by atoms with E-state index in [0.29, 0.717) is 29.9 Å². The Balaban J connectivity index is 1.99. The molecular weight excluding hydrogens is 260 g/mol. The second-order valence-corrected chi connectivity index (χ2v) is 6.77. The molecule has 2 rings (SSSR count). The van der Waals surface area contributed by atoms with Gasteiger partial charge in [0.1, 0.15) is 0 Å². The molecule has 0 aromatic heterocycles. The summed E-state index contributed by atoms with van der Waals surface area (Å²) < 4.78 is 0. The summed E-state index contributed by atoms with van der Waals surface area (Å²) >= 11 is 5.13. The van der Waals surface area contributed by atoms with E-state index in [0.717, 1.165) is 25.7 Å². The van der Waals surface area contributed by atoms with Crippen molar-refractivity contribution in [3.8, 4) is 0 Å². The van der Waals surface area contributed by atoms with Crippen LogP contribution in [0.15, 0.2) is 0 Å². The monoisotopic (exact) mass is 284 g/mol. The minimum atomic E-state index is -0.577. The van der Waals surface area contributed by atoms with Crippen molar-refractivity contribution in [1.29, 1.82) is 0 Å². The molecule has 1 saturated carbocycles.